The topological polar surface area (TPSA) is 29.5 Å². The summed E-state index contributed by atoms with van der Waals surface area (Å²) in [5.41, 5.74) is 5.33. The molecule has 1 atom stereocenters. The monoisotopic (exact) mass is 432 g/mol. The van der Waals surface area contributed by atoms with E-state index in [0.717, 1.165) is 73.5 Å². The quantitative estimate of drug-likeness (QED) is 0.401. The average molecular weight is 433 g/mol. The SMILES string of the molecule is CC(C)=CCCC(C)=CCCC(C)=CCCC1(C)CCc2cc(O)c3ccccc3c2O1. The first-order valence-corrected chi connectivity index (χ1v) is 12.1. The molecule has 0 aromatic heterocycles. The molecule has 3 rings (SSSR count). The molecule has 0 saturated heterocycles. The van der Waals surface area contributed by atoms with Crippen LogP contribution in [-0.4, -0.2) is 10.7 Å². The Balaban J connectivity index is 1.53. The predicted octanol–water partition coefficient (Wildman–Crippen LogP) is 8.83. The summed E-state index contributed by atoms with van der Waals surface area (Å²) in [7, 11) is 0. The highest BCUT2D eigenvalue weighted by molar-refractivity contribution is 5.94. The summed E-state index contributed by atoms with van der Waals surface area (Å²) >= 11 is 0. The lowest BCUT2D eigenvalue weighted by Crippen LogP contribution is -2.36. The van der Waals surface area contributed by atoms with Gasteiger partial charge in [0.2, 0.25) is 0 Å². The molecule has 2 nitrogen and oxygen atoms in total. The van der Waals surface area contributed by atoms with E-state index in [0.29, 0.717) is 5.75 Å². The van der Waals surface area contributed by atoms with Gasteiger partial charge in [-0.1, -0.05) is 59.2 Å². The molecule has 1 N–H and O–H groups in total. The molecule has 0 spiro atoms. The van der Waals surface area contributed by atoms with Gasteiger partial charge in [0, 0.05) is 10.8 Å². The van der Waals surface area contributed by atoms with E-state index >= 15 is 0 Å². The van der Waals surface area contributed by atoms with E-state index in [1.165, 1.54) is 16.7 Å². The highest BCUT2D eigenvalue weighted by Crippen LogP contribution is 2.43. The standard InChI is InChI=1S/C30H40O2/c1-22(2)11-8-12-23(3)13-9-14-24(4)15-10-19-30(5)20-18-25-21-28(31)26-16-6-7-17-27(26)29(25)32-30/h6-7,11,13,15-17,21,31H,8-10,12,14,18-20H2,1-5H3. The third-order valence-corrected chi connectivity index (χ3v) is 6.61. The van der Waals surface area contributed by atoms with Crippen LogP contribution in [0.1, 0.15) is 85.1 Å². The van der Waals surface area contributed by atoms with E-state index in [9.17, 15) is 5.11 Å². The van der Waals surface area contributed by atoms with E-state index in [1.807, 2.05) is 24.3 Å². The van der Waals surface area contributed by atoms with Crippen molar-refractivity contribution >= 4 is 10.8 Å². The number of hydrogen-bond acceptors (Lipinski definition) is 2. The Morgan fingerprint density at radius 1 is 0.938 bits per heavy atom. The van der Waals surface area contributed by atoms with Crippen LogP contribution < -0.4 is 4.74 Å². The lowest BCUT2D eigenvalue weighted by Gasteiger charge is -2.36. The maximum Gasteiger partial charge on any atom is 0.131 e. The van der Waals surface area contributed by atoms with Crippen LogP contribution >= 0.6 is 0 Å². The number of phenols is 1. The molecule has 1 heterocycles. The van der Waals surface area contributed by atoms with Gasteiger partial charge in [0.1, 0.15) is 17.1 Å². The lowest BCUT2D eigenvalue weighted by atomic mass is 9.87. The molecule has 1 aliphatic heterocycles. The van der Waals surface area contributed by atoms with Crippen molar-refractivity contribution in [2.75, 3.05) is 0 Å². The zero-order chi connectivity index (χ0) is 23.1. The predicted molar refractivity (Wildman–Crippen MR) is 138 cm³/mol. The summed E-state index contributed by atoms with van der Waals surface area (Å²) in [6, 6.07) is 9.88. The van der Waals surface area contributed by atoms with Gasteiger partial charge in [0.05, 0.1) is 0 Å². The van der Waals surface area contributed by atoms with Crippen molar-refractivity contribution < 1.29 is 9.84 Å². The summed E-state index contributed by atoms with van der Waals surface area (Å²) in [4.78, 5) is 0. The number of rotatable bonds is 9. The minimum absolute atomic E-state index is 0.162. The van der Waals surface area contributed by atoms with E-state index in [-0.39, 0.29) is 5.60 Å². The smallest absolute Gasteiger partial charge is 0.131 e. The molecule has 0 aliphatic carbocycles. The third kappa shape index (κ3) is 6.51. The van der Waals surface area contributed by atoms with Gasteiger partial charge in [-0.3, -0.25) is 0 Å². The fourth-order valence-corrected chi connectivity index (χ4v) is 4.53. The lowest BCUT2D eigenvalue weighted by molar-refractivity contribution is 0.0590. The number of hydrogen-bond donors (Lipinski definition) is 1. The van der Waals surface area contributed by atoms with Crippen LogP contribution in [0.4, 0.5) is 0 Å². The number of ether oxygens (including phenoxy) is 1. The summed E-state index contributed by atoms with van der Waals surface area (Å²) < 4.78 is 6.58. The van der Waals surface area contributed by atoms with Crippen molar-refractivity contribution in [3.05, 3.63) is 70.8 Å². The molecular weight excluding hydrogens is 392 g/mol. The zero-order valence-electron chi connectivity index (χ0n) is 20.6. The Labute approximate surface area is 194 Å². The Bertz CT molecular complexity index is 1020. The van der Waals surface area contributed by atoms with E-state index < -0.39 is 0 Å². The zero-order valence-corrected chi connectivity index (χ0v) is 20.6. The fraction of sp³-hybridized carbons (Fsp3) is 0.467. The third-order valence-electron chi connectivity index (χ3n) is 6.61. The molecule has 2 heteroatoms. The van der Waals surface area contributed by atoms with Gasteiger partial charge in [-0.15, -0.1) is 0 Å². The molecule has 2 aromatic rings. The van der Waals surface area contributed by atoms with Gasteiger partial charge in [0.15, 0.2) is 0 Å². The van der Waals surface area contributed by atoms with Gasteiger partial charge in [-0.05, 0) is 97.6 Å². The summed E-state index contributed by atoms with van der Waals surface area (Å²) in [6.45, 7) is 11.1. The highest BCUT2D eigenvalue weighted by atomic mass is 16.5. The largest absolute Gasteiger partial charge is 0.507 e. The van der Waals surface area contributed by atoms with Crippen LogP contribution in [0.5, 0.6) is 11.5 Å². The van der Waals surface area contributed by atoms with E-state index in [1.54, 1.807) is 0 Å². The summed E-state index contributed by atoms with van der Waals surface area (Å²) in [5, 5.41) is 12.3. The fourth-order valence-electron chi connectivity index (χ4n) is 4.53. The first kappa shape index (κ1) is 24.2. The van der Waals surface area contributed by atoms with E-state index in [4.69, 9.17) is 4.74 Å². The Kier molecular flexibility index (Phi) is 8.23. The molecule has 0 bridgehead atoms. The Morgan fingerprint density at radius 3 is 2.25 bits per heavy atom. The number of allylic oxidation sites excluding steroid dienone is 6. The van der Waals surface area contributed by atoms with E-state index in [2.05, 4.69) is 58.9 Å². The minimum Gasteiger partial charge on any atom is -0.507 e. The normalized spacial score (nSPS) is 18.9. The second-order valence-electron chi connectivity index (χ2n) is 9.98. The second kappa shape index (κ2) is 10.9. The summed E-state index contributed by atoms with van der Waals surface area (Å²) in [6.07, 6.45) is 15.7. The van der Waals surface area contributed by atoms with Crippen LogP contribution in [0.15, 0.2) is 65.3 Å². The molecule has 0 fully saturated rings. The number of aromatic hydroxyl groups is 1. The highest BCUT2D eigenvalue weighted by Gasteiger charge is 2.32. The number of phenolic OH excluding ortho intramolecular Hbond substituents is 1. The van der Waals surface area contributed by atoms with Gasteiger partial charge < -0.3 is 9.84 Å². The minimum atomic E-state index is -0.162. The van der Waals surface area contributed by atoms with Crippen LogP contribution in [0.25, 0.3) is 10.8 Å². The van der Waals surface area contributed by atoms with Crippen LogP contribution in [-0.2, 0) is 6.42 Å². The second-order valence-corrected chi connectivity index (χ2v) is 9.98. The van der Waals surface area contributed by atoms with Crippen molar-refractivity contribution in [2.24, 2.45) is 0 Å². The summed E-state index contributed by atoms with van der Waals surface area (Å²) in [5.74, 6) is 1.31. The van der Waals surface area contributed by atoms with Crippen molar-refractivity contribution in [3.63, 3.8) is 0 Å². The van der Waals surface area contributed by atoms with Gasteiger partial charge >= 0.3 is 0 Å². The molecule has 2 aromatic carbocycles. The Hall–Kier alpha value is -2.48. The molecule has 0 amide bonds. The number of aryl methyl sites for hydroxylation is 1. The molecule has 172 valence electrons. The molecule has 32 heavy (non-hydrogen) atoms. The maximum atomic E-state index is 10.4. The van der Waals surface area contributed by atoms with Crippen LogP contribution in [0.2, 0.25) is 0 Å². The van der Waals surface area contributed by atoms with Crippen LogP contribution in [0, 0.1) is 0 Å². The van der Waals surface area contributed by atoms with Gasteiger partial charge in [-0.2, -0.15) is 0 Å². The van der Waals surface area contributed by atoms with Crippen LogP contribution in [0.3, 0.4) is 0 Å². The Morgan fingerprint density at radius 2 is 1.56 bits per heavy atom. The van der Waals surface area contributed by atoms with Gasteiger partial charge in [-0.25, -0.2) is 0 Å². The molecular formula is C30H40O2. The number of benzene rings is 2. The first-order valence-electron chi connectivity index (χ1n) is 12.1. The number of fused-ring (bicyclic) bond motifs is 3. The maximum absolute atomic E-state index is 10.4. The molecule has 1 aliphatic rings. The average Bonchev–Trinajstić information content (AvgIpc) is 2.74. The van der Waals surface area contributed by atoms with Crippen molar-refractivity contribution in [2.45, 2.75) is 91.6 Å². The van der Waals surface area contributed by atoms with Crippen molar-refractivity contribution in [1.29, 1.82) is 0 Å². The molecule has 1 unspecified atom stereocenters. The van der Waals surface area contributed by atoms with Gasteiger partial charge in [0.25, 0.3) is 0 Å². The molecule has 0 saturated carbocycles. The first-order chi connectivity index (χ1) is 15.3. The van der Waals surface area contributed by atoms with Crippen molar-refractivity contribution in [1.82, 2.24) is 0 Å². The molecule has 0 radical (unpaired) electrons. The van der Waals surface area contributed by atoms with Crippen molar-refractivity contribution in [3.8, 4) is 11.5 Å².